The predicted molar refractivity (Wildman–Crippen MR) is 122 cm³/mol. The molecule has 4 aromatic carbocycles. The Morgan fingerprint density at radius 3 is 1.87 bits per heavy atom. The third-order valence-corrected chi connectivity index (χ3v) is 5.10. The zero-order valence-corrected chi connectivity index (χ0v) is 16.6. The van der Waals surface area contributed by atoms with Crippen LogP contribution in [0.1, 0.15) is 10.5 Å². The van der Waals surface area contributed by atoms with Crippen molar-refractivity contribution in [2.24, 2.45) is 0 Å². The van der Waals surface area contributed by atoms with Crippen LogP contribution in [0.25, 0.3) is 16.6 Å². The maximum Gasteiger partial charge on any atom is 0.283 e. The standard InChI is InChI=1S/C26H19N3O2/c30-22-16-17-23-24(18-22)29(21-14-8-3-9-15-21)27-25(23)26(31)28(19-10-4-1-5-11-19)20-12-6-2-7-13-20/h1-18,30H. The van der Waals surface area contributed by atoms with Crippen molar-refractivity contribution in [2.75, 3.05) is 4.90 Å². The molecule has 5 rings (SSSR count). The summed E-state index contributed by atoms with van der Waals surface area (Å²) in [6.45, 7) is 0. The Labute approximate surface area is 179 Å². The highest BCUT2D eigenvalue weighted by Crippen LogP contribution is 2.31. The average molecular weight is 405 g/mol. The van der Waals surface area contributed by atoms with Crippen molar-refractivity contribution in [3.8, 4) is 11.4 Å². The lowest BCUT2D eigenvalue weighted by molar-refractivity contribution is 0.0995. The molecule has 1 N–H and O–H groups in total. The summed E-state index contributed by atoms with van der Waals surface area (Å²) in [7, 11) is 0. The van der Waals surface area contributed by atoms with Gasteiger partial charge in [-0.1, -0.05) is 54.6 Å². The summed E-state index contributed by atoms with van der Waals surface area (Å²) in [4.78, 5) is 15.5. The molecule has 150 valence electrons. The zero-order chi connectivity index (χ0) is 21.2. The number of para-hydroxylation sites is 3. The van der Waals surface area contributed by atoms with Gasteiger partial charge in [0, 0.05) is 22.8 Å². The van der Waals surface area contributed by atoms with E-state index in [9.17, 15) is 9.90 Å². The molecule has 0 aliphatic carbocycles. The van der Waals surface area contributed by atoms with Crippen molar-refractivity contribution >= 4 is 28.2 Å². The van der Waals surface area contributed by atoms with E-state index in [0.29, 0.717) is 16.6 Å². The number of amides is 1. The summed E-state index contributed by atoms with van der Waals surface area (Å²) >= 11 is 0. The van der Waals surface area contributed by atoms with Gasteiger partial charge in [0.15, 0.2) is 5.69 Å². The van der Waals surface area contributed by atoms with Gasteiger partial charge in [0.25, 0.3) is 5.91 Å². The number of rotatable bonds is 4. The molecule has 1 heterocycles. The third kappa shape index (κ3) is 3.42. The van der Waals surface area contributed by atoms with Crippen LogP contribution >= 0.6 is 0 Å². The number of nitrogens with zero attached hydrogens (tertiary/aromatic N) is 3. The molecule has 0 radical (unpaired) electrons. The van der Waals surface area contributed by atoms with Crippen LogP contribution in [0.15, 0.2) is 109 Å². The van der Waals surface area contributed by atoms with E-state index in [-0.39, 0.29) is 11.7 Å². The van der Waals surface area contributed by atoms with Crippen LogP contribution in [0, 0.1) is 0 Å². The largest absolute Gasteiger partial charge is 0.508 e. The minimum Gasteiger partial charge on any atom is -0.508 e. The van der Waals surface area contributed by atoms with Gasteiger partial charge in [0.2, 0.25) is 0 Å². The monoisotopic (exact) mass is 405 g/mol. The van der Waals surface area contributed by atoms with Crippen molar-refractivity contribution in [3.05, 3.63) is 115 Å². The number of phenols is 1. The van der Waals surface area contributed by atoms with Crippen molar-refractivity contribution in [3.63, 3.8) is 0 Å². The Morgan fingerprint density at radius 1 is 0.742 bits per heavy atom. The highest BCUT2D eigenvalue weighted by atomic mass is 16.3. The van der Waals surface area contributed by atoms with E-state index in [1.165, 1.54) is 0 Å². The van der Waals surface area contributed by atoms with E-state index in [0.717, 1.165) is 17.1 Å². The first kappa shape index (κ1) is 18.6. The molecule has 0 aliphatic heterocycles. The summed E-state index contributed by atoms with van der Waals surface area (Å²) in [5, 5.41) is 15.4. The van der Waals surface area contributed by atoms with Crippen LogP contribution in [0.2, 0.25) is 0 Å². The molecule has 0 saturated heterocycles. The number of phenolic OH excluding ortho intramolecular Hbond substituents is 1. The lowest BCUT2D eigenvalue weighted by Gasteiger charge is -2.22. The predicted octanol–water partition coefficient (Wildman–Crippen LogP) is 5.71. The van der Waals surface area contributed by atoms with Gasteiger partial charge < -0.3 is 5.11 Å². The van der Waals surface area contributed by atoms with Crippen LogP contribution in [0.5, 0.6) is 5.75 Å². The van der Waals surface area contributed by atoms with Crippen molar-refractivity contribution in [2.45, 2.75) is 0 Å². The molecule has 0 bridgehead atoms. The lowest BCUT2D eigenvalue weighted by Crippen LogP contribution is -2.26. The Kier molecular flexibility index (Phi) is 4.69. The van der Waals surface area contributed by atoms with Gasteiger partial charge in [-0.2, -0.15) is 5.10 Å². The fourth-order valence-electron chi connectivity index (χ4n) is 3.67. The second kappa shape index (κ2) is 7.80. The maximum atomic E-state index is 13.9. The fourth-order valence-corrected chi connectivity index (χ4v) is 3.67. The number of aromatic nitrogens is 2. The molecule has 0 fully saturated rings. The quantitative estimate of drug-likeness (QED) is 0.417. The summed E-state index contributed by atoms with van der Waals surface area (Å²) in [6, 6.07) is 33.5. The van der Waals surface area contributed by atoms with Crippen molar-refractivity contribution in [1.29, 1.82) is 0 Å². The van der Waals surface area contributed by atoms with Gasteiger partial charge in [0.1, 0.15) is 5.75 Å². The SMILES string of the molecule is O=C(c1nn(-c2ccccc2)c2cc(O)ccc12)N(c1ccccc1)c1ccccc1. The first-order valence-electron chi connectivity index (χ1n) is 9.94. The molecule has 1 amide bonds. The van der Waals surface area contributed by atoms with Gasteiger partial charge in [-0.3, -0.25) is 9.69 Å². The molecule has 5 aromatic rings. The number of aromatic hydroxyl groups is 1. The molecule has 1 aromatic heterocycles. The van der Waals surface area contributed by atoms with E-state index >= 15 is 0 Å². The molecule has 0 unspecified atom stereocenters. The summed E-state index contributed by atoms with van der Waals surface area (Å²) in [6.07, 6.45) is 0. The van der Waals surface area contributed by atoms with Crippen LogP contribution in [0.4, 0.5) is 11.4 Å². The normalized spacial score (nSPS) is 10.8. The highest BCUT2D eigenvalue weighted by Gasteiger charge is 2.26. The van der Waals surface area contributed by atoms with E-state index in [1.54, 1.807) is 27.8 Å². The second-order valence-electron chi connectivity index (χ2n) is 7.11. The van der Waals surface area contributed by atoms with E-state index in [1.807, 2.05) is 91.0 Å². The van der Waals surface area contributed by atoms with E-state index in [2.05, 4.69) is 5.10 Å². The fraction of sp³-hybridized carbons (Fsp3) is 0. The molecular weight excluding hydrogens is 386 g/mol. The Bertz CT molecular complexity index is 1310. The van der Waals surface area contributed by atoms with Crippen molar-refractivity contribution in [1.82, 2.24) is 9.78 Å². The van der Waals surface area contributed by atoms with Gasteiger partial charge in [-0.15, -0.1) is 0 Å². The number of hydrogen-bond acceptors (Lipinski definition) is 3. The van der Waals surface area contributed by atoms with E-state index in [4.69, 9.17) is 0 Å². The number of benzene rings is 4. The molecular formula is C26H19N3O2. The van der Waals surface area contributed by atoms with Gasteiger partial charge in [-0.25, -0.2) is 4.68 Å². The Morgan fingerprint density at radius 2 is 1.29 bits per heavy atom. The molecule has 0 aliphatic rings. The van der Waals surface area contributed by atoms with Crippen LogP contribution in [-0.2, 0) is 0 Å². The first-order valence-corrected chi connectivity index (χ1v) is 9.94. The summed E-state index contributed by atoms with van der Waals surface area (Å²) < 4.78 is 1.69. The van der Waals surface area contributed by atoms with Gasteiger partial charge >= 0.3 is 0 Å². The second-order valence-corrected chi connectivity index (χ2v) is 7.11. The average Bonchev–Trinajstić information content (AvgIpc) is 3.20. The summed E-state index contributed by atoms with van der Waals surface area (Å²) in [5.41, 5.74) is 3.28. The van der Waals surface area contributed by atoms with E-state index < -0.39 is 0 Å². The molecule has 5 nitrogen and oxygen atoms in total. The van der Waals surface area contributed by atoms with Crippen LogP contribution in [-0.4, -0.2) is 20.8 Å². The number of anilines is 2. The molecule has 0 atom stereocenters. The zero-order valence-electron chi connectivity index (χ0n) is 16.6. The Hall–Kier alpha value is -4.38. The number of hydrogen-bond donors (Lipinski definition) is 1. The topological polar surface area (TPSA) is 58.4 Å². The molecule has 31 heavy (non-hydrogen) atoms. The number of carbonyl (C=O) groups is 1. The van der Waals surface area contributed by atoms with Crippen molar-refractivity contribution < 1.29 is 9.90 Å². The minimum absolute atomic E-state index is 0.117. The third-order valence-electron chi connectivity index (χ3n) is 5.10. The first-order chi connectivity index (χ1) is 15.2. The molecule has 0 spiro atoms. The highest BCUT2D eigenvalue weighted by molar-refractivity contribution is 6.16. The molecule has 5 heteroatoms. The number of fused-ring (bicyclic) bond motifs is 1. The number of carbonyl (C=O) groups excluding carboxylic acids is 1. The summed E-state index contributed by atoms with van der Waals surface area (Å²) in [5.74, 6) is -0.130. The van der Waals surface area contributed by atoms with Gasteiger partial charge in [0.05, 0.1) is 11.2 Å². The van der Waals surface area contributed by atoms with Gasteiger partial charge in [-0.05, 0) is 48.5 Å². The van der Waals surface area contributed by atoms with Crippen LogP contribution in [0.3, 0.4) is 0 Å². The molecule has 0 saturated carbocycles. The Balaban J connectivity index is 1.72. The van der Waals surface area contributed by atoms with Crippen LogP contribution < -0.4 is 4.90 Å². The lowest BCUT2D eigenvalue weighted by atomic mass is 10.1. The maximum absolute atomic E-state index is 13.9. The minimum atomic E-state index is -0.247. The smallest absolute Gasteiger partial charge is 0.283 e.